The van der Waals surface area contributed by atoms with E-state index in [4.69, 9.17) is 4.74 Å². The van der Waals surface area contributed by atoms with Gasteiger partial charge in [0.05, 0.1) is 23.7 Å². The lowest BCUT2D eigenvalue weighted by molar-refractivity contribution is -0.122. The number of methoxy groups -OCH3 is 1. The van der Waals surface area contributed by atoms with Crippen molar-refractivity contribution in [2.75, 3.05) is 17.3 Å². The number of aromatic hydroxyl groups is 1. The predicted molar refractivity (Wildman–Crippen MR) is 160 cm³/mol. The third-order valence-corrected chi connectivity index (χ3v) is 10.2. The predicted octanol–water partition coefficient (Wildman–Crippen LogP) is 4.82. The number of carbonyl (C=O) groups is 3. The number of amides is 3. The molecule has 3 atom stereocenters. The van der Waals surface area contributed by atoms with E-state index in [9.17, 15) is 24.3 Å². The number of hydrogen-bond acceptors (Lipinski definition) is 8. The van der Waals surface area contributed by atoms with Crippen molar-refractivity contribution in [1.29, 1.82) is 0 Å². The Balaban J connectivity index is 1.44. The number of benzene rings is 3. The van der Waals surface area contributed by atoms with Crippen LogP contribution in [0.3, 0.4) is 0 Å². The number of imide groups is 1. The van der Waals surface area contributed by atoms with Crippen molar-refractivity contribution >= 4 is 68.1 Å². The molecular formula is C29H22BrN3O6S2. The van der Waals surface area contributed by atoms with Gasteiger partial charge in [-0.1, -0.05) is 63.3 Å². The molecule has 3 heterocycles. The Labute approximate surface area is 250 Å². The molecule has 0 bridgehead atoms. The highest BCUT2D eigenvalue weighted by molar-refractivity contribution is 9.10. The van der Waals surface area contributed by atoms with Crippen LogP contribution in [0.2, 0.25) is 0 Å². The standard InChI is InChI=1S/C29H22BrN3O6S2/c1-39-20-13-15(7-12-19(20)34)22-23-24(27(37)33(26(23)36)18-10-8-16(30)9-11-18)40-28-25(22)41-29(38)32(28)14-21(35)31-17-5-3-2-4-6-17/h2-13,22-24,34H,14H2,1H3,(H,31,35)/t22-,23?,24?/m0/s1. The monoisotopic (exact) mass is 651 g/mol. The lowest BCUT2D eigenvalue weighted by Crippen LogP contribution is -2.33. The lowest BCUT2D eigenvalue weighted by atomic mass is 9.83. The average molecular weight is 653 g/mol. The van der Waals surface area contributed by atoms with E-state index in [1.54, 1.807) is 60.7 Å². The summed E-state index contributed by atoms with van der Waals surface area (Å²) < 4.78 is 7.50. The van der Waals surface area contributed by atoms with Gasteiger partial charge in [-0.15, -0.1) is 0 Å². The van der Waals surface area contributed by atoms with Gasteiger partial charge in [-0.3, -0.25) is 23.7 Å². The third-order valence-electron chi connectivity index (χ3n) is 7.06. The number of thioether (sulfide) groups is 1. The van der Waals surface area contributed by atoms with Crippen molar-refractivity contribution < 1.29 is 24.2 Å². The maximum atomic E-state index is 14.0. The van der Waals surface area contributed by atoms with E-state index < -0.39 is 28.9 Å². The molecule has 0 aliphatic carbocycles. The van der Waals surface area contributed by atoms with Crippen LogP contribution in [0, 0.1) is 5.92 Å². The zero-order chi connectivity index (χ0) is 28.8. The fraction of sp³-hybridized carbons (Fsp3) is 0.172. The number of nitrogens with zero attached hydrogens (tertiary/aromatic N) is 2. The summed E-state index contributed by atoms with van der Waals surface area (Å²) in [5, 5.41) is 12.7. The van der Waals surface area contributed by atoms with Crippen LogP contribution in [-0.2, 0) is 20.9 Å². The Kier molecular flexibility index (Phi) is 7.22. The smallest absolute Gasteiger partial charge is 0.308 e. The molecule has 2 aliphatic heterocycles. The SMILES string of the molecule is COc1cc([C@@H]2c3sc(=O)n(CC(=O)Nc4ccccc4)c3SC3C(=O)N(c4ccc(Br)cc4)C(=O)C32)ccc1O. The minimum atomic E-state index is -0.833. The third kappa shape index (κ3) is 4.85. The summed E-state index contributed by atoms with van der Waals surface area (Å²) in [7, 11) is 1.42. The highest BCUT2D eigenvalue weighted by atomic mass is 79.9. The van der Waals surface area contributed by atoms with Crippen molar-refractivity contribution in [2.24, 2.45) is 5.92 Å². The van der Waals surface area contributed by atoms with E-state index in [0.29, 0.717) is 26.8 Å². The van der Waals surface area contributed by atoms with Gasteiger partial charge in [0.2, 0.25) is 17.7 Å². The van der Waals surface area contributed by atoms with Crippen molar-refractivity contribution in [3.63, 3.8) is 0 Å². The minimum Gasteiger partial charge on any atom is -0.504 e. The van der Waals surface area contributed by atoms with Crippen LogP contribution < -0.4 is 19.8 Å². The number of fused-ring (bicyclic) bond motifs is 2. The molecule has 208 valence electrons. The van der Waals surface area contributed by atoms with Gasteiger partial charge in [-0.2, -0.15) is 0 Å². The second kappa shape index (κ2) is 10.8. The minimum absolute atomic E-state index is 0.0770. The first-order valence-electron chi connectivity index (χ1n) is 12.5. The highest BCUT2D eigenvalue weighted by Crippen LogP contribution is 2.54. The van der Waals surface area contributed by atoms with Crippen LogP contribution in [0.25, 0.3) is 0 Å². The van der Waals surface area contributed by atoms with Crippen LogP contribution in [0.15, 0.2) is 87.1 Å². The number of rotatable bonds is 6. The number of anilines is 2. The molecule has 1 fully saturated rings. The van der Waals surface area contributed by atoms with Crippen molar-refractivity contribution in [1.82, 2.24) is 4.57 Å². The van der Waals surface area contributed by atoms with E-state index in [0.717, 1.165) is 27.6 Å². The molecule has 0 spiro atoms. The molecule has 1 saturated heterocycles. The lowest BCUT2D eigenvalue weighted by Gasteiger charge is -2.31. The maximum Gasteiger partial charge on any atom is 0.308 e. The molecule has 4 aromatic rings. The summed E-state index contributed by atoms with van der Waals surface area (Å²) in [6.07, 6.45) is 0. The molecular weight excluding hydrogens is 630 g/mol. The molecule has 2 aliphatic rings. The van der Waals surface area contributed by atoms with E-state index in [1.165, 1.54) is 22.6 Å². The van der Waals surface area contributed by atoms with Gasteiger partial charge in [-0.05, 0) is 54.1 Å². The summed E-state index contributed by atoms with van der Waals surface area (Å²) >= 11 is 5.48. The normalized spacial score (nSPS) is 19.6. The second-order valence-electron chi connectivity index (χ2n) is 9.50. The fourth-order valence-corrected chi connectivity index (χ4v) is 8.25. The van der Waals surface area contributed by atoms with Crippen LogP contribution in [-0.4, -0.2) is 39.8 Å². The first-order chi connectivity index (χ1) is 19.8. The molecule has 6 rings (SSSR count). The van der Waals surface area contributed by atoms with E-state index in [2.05, 4.69) is 21.2 Å². The molecule has 9 nitrogen and oxygen atoms in total. The van der Waals surface area contributed by atoms with E-state index >= 15 is 0 Å². The molecule has 41 heavy (non-hydrogen) atoms. The number of thiazole rings is 1. The zero-order valence-corrected chi connectivity index (χ0v) is 24.7. The second-order valence-corrected chi connectivity index (χ2v) is 12.5. The van der Waals surface area contributed by atoms with Crippen LogP contribution >= 0.6 is 39.0 Å². The zero-order valence-electron chi connectivity index (χ0n) is 21.4. The number of aromatic nitrogens is 1. The summed E-state index contributed by atoms with van der Waals surface area (Å²) in [6, 6.07) is 20.6. The molecule has 3 amide bonds. The number of carbonyl (C=O) groups excluding carboxylic acids is 3. The van der Waals surface area contributed by atoms with Crippen LogP contribution in [0.1, 0.15) is 16.4 Å². The quantitative estimate of drug-likeness (QED) is 0.287. The van der Waals surface area contributed by atoms with Gasteiger partial charge in [-0.25, -0.2) is 4.90 Å². The number of para-hydroxylation sites is 1. The van der Waals surface area contributed by atoms with Crippen molar-refractivity contribution in [2.45, 2.75) is 22.7 Å². The van der Waals surface area contributed by atoms with Gasteiger partial charge in [0.1, 0.15) is 11.8 Å². The molecule has 0 saturated carbocycles. The first-order valence-corrected chi connectivity index (χ1v) is 15.0. The Morgan fingerprint density at radius 2 is 1.76 bits per heavy atom. The van der Waals surface area contributed by atoms with Crippen LogP contribution in [0.5, 0.6) is 11.5 Å². The molecule has 2 N–H and O–H groups in total. The summed E-state index contributed by atoms with van der Waals surface area (Å²) in [4.78, 5) is 55.4. The number of halogens is 1. The van der Waals surface area contributed by atoms with Gasteiger partial charge in [0, 0.05) is 21.0 Å². The summed E-state index contributed by atoms with van der Waals surface area (Å²) in [6.45, 7) is -0.256. The van der Waals surface area contributed by atoms with E-state index in [1.807, 2.05) is 6.07 Å². The number of nitrogens with one attached hydrogen (secondary N) is 1. The Morgan fingerprint density at radius 3 is 2.46 bits per heavy atom. The molecule has 12 heteroatoms. The number of phenols is 1. The fourth-order valence-electron chi connectivity index (χ4n) is 5.21. The van der Waals surface area contributed by atoms with Gasteiger partial charge in [0.25, 0.3) is 0 Å². The van der Waals surface area contributed by atoms with Crippen LogP contribution in [0.4, 0.5) is 11.4 Å². The average Bonchev–Trinajstić information content (AvgIpc) is 3.40. The van der Waals surface area contributed by atoms with Gasteiger partial charge < -0.3 is 15.2 Å². The highest BCUT2D eigenvalue weighted by Gasteiger charge is 2.57. The molecule has 0 radical (unpaired) electrons. The Bertz CT molecular complexity index is 1740. The summed E-state index contributed by atoms with van der Waals surface area (Å²) in [5.74, 6) is -2.54. The topological polar surface area (TPSA) is 118 Å². The number of hydrogen-bond donors (Lipinski definition) is 2. The largest absolute Gasteiger partial charge is 0.504 e. The van der Waals surface area contributed by atoms with Gasteiger partial charge in [0.15, 0.2) is 11.5 Å². The number of ether oxygens (including phenoxy) is 1. The maximum absolute atomic E-state index is 14.0. The molecule has 1 aromatic heterocycles. The molecule has 2 unspecified atom stereocenters. The van der Waals surface area contributed by atoms with E-state index in [-0.39, 0.29) is 28.8 Å². The molecule has 3 aromatic carbocycles. The Morgan fingerprint density at radius 1 is 1.02 bits per heavy atom. The van der Waals surface area contributed by atoms with Crippen molar-refractivity contribution in [3.05, 3.63) is 97.4 Å². The van der Waals surface area contributed by atoms with Gasteiger partial charge >= 0.3 is 4.87 Å². The first kappa shape index (κ1) is 27.3. The Hall–Kier alpha value is -3.87. The summed E-state index contributed by atoms with van der Waals surface area (Å²) in [5.41, 5.74) is 1.65. The van der Waals surface area contributed by atoms with Crippen molar-refractivity contribution in [3.8, 4) is 11.5 Å². The number of phenolic OH excluding ortho intramolecular Hbond substituents is 1.